The number of carbonyl (C=O) groups is 2. The van der Waals surface area contributed by atoms with Crippen LogP contribution in [0.25, 0.3) is 0 Å². The highest BCUT2D eigenvalue weighted by molar-refractivity contribution is 5.86. The molecule has 4 nitrogen and oxygen atoms in total. The normalized spacial score (nSPS) is 12.6. The third kappa shape index (κ3) is 7.04. The summed E-state index contributed by atoms with van der Waals surface area (Å²) in [7, 11) is 0. The molecule has 1 amide bonds. The van der Waals surface area contributed by atoms with Crippen molar-refractivity contribution in [2.75, 3.05) is 13.1 Å². The number of nitrogens with two attached hydrogens (primary N) is 1. The second-order valence-electron chi connectivity index (χ2n) is 7.41. The van der Waals surface area contributed by atoms with Crippen LogP contribution < -0.4 is 11.1 Å². The first-order chi connectivity index (χ1) is 9.02. The van der Waals surface area contributed by atoms with Crippen molar-refractivity contribution in [1.29, 1.82) is 0 Å². The standard InChI is InChI=1S/C16H32N2O2/c1-12(2)14(20)16(5,6)11-15(3,4)10-13(19)18-9-7-8-17/h12H,7-11,17H2,1-6H3,(H,18,19). The van der Waals surface area contributed by atoms with Gasteiger partial charge in [-0.2, -0.15) is 0 Å². The zero-order valence-electron chi connectivity index (χ0n) is 14.0. The average Bonchev–Trinajstić information content (AvgIpc) is 2.25. The molecule has 0 spiro atoms. The lowest BCUT2D eigenvalue weighted by atomic mass is 9.69. The molecule has 118 valence electrons. The number of nitrogens with one attached hydrogen (secondary N) is 1. The Balaban J connectivity index is 4.50. The van der Waals surface area contributed by atoms with E-state index in [1.165, 1.54) is 0 Å². The van der Waals surface area contributed by atoms with Gasteiger partial charge in [0.2, 0.25) is 5.91 Å². The molecule has 0 unspecified atom stereocenters. The van der Waals surface area contributed by atoms with E-state index in [-0.39, 0.29) is 23.0 Å². The average molecular weight is 284 g/mol. The Morgan fingerprint density at radius 1 is 1.15 bits per heavy atom. The van der Waals surface area contributed by atoms with Crippen LogP contribution in [0.1, 0.15) is 60.8 Å². The van der Waals surface area contributed by atoms with Crippen LogP contribution in [-0.4, -0.2) is 24.8 Å². The van der Waals surface area contributed by atoms with Gasteiger partial charge in [-0.3, -0.25) is 9.59 Å². The number of amides is 1. The van der Waals surface area contributed by atoms with Gasteiger partial charge in [-0.1, -0.05) is 41.5 Å². The first kappa shape index (κ1) is 19.1. The topological polar surface area (TPSA) is 72.2 Å². The Labute approximate surface area is 123 Å². The van der Waals surface area contributed by atoms with Crippen LogP contribution in [0.2, 0.25) is 0 Å². The molecule has 0 saturated carbocycles. The largest absolute Gasteiger partial charge is 0.356 e. The van der Waals surface area contributed by atoms with E-state index < -0.39 is 5.41 Å². The van der Waals surface area contributed by atoms with Crippen molar-refractivity contribution in [2.45, 2.75) is 60.8 Å². The predicted molar refractivity (Wildman–Crippen MR) is 83.3 cm³/mol. The molecule has 20 heavy (non-hydrogen) atoms. The lowest BCUT2D eigenvalue weighted by molar-refractivity contribution is -0.133. The molecule has 0 aromatic carbocycles. The van der Waals surface area contributed by atoms with E-state index in [4.69, 9.17) is 5.73 Å². The van der Waals surface area contributed by atoms with Gasteiger partial charge in [-0.05, 0) is 24.8 Å². The lowest BCUT2D eigenvalue weighted by Gasteiger charge is -2.34. The second kappa shape index (κ2) is 7.77. The zero-order valence-corrected chi connectivity index (χ0v) is 14.0. The Morgan fingerprint density at radius 3 is 2.15 bits per heavy atom. The van der Waals surface area contributed by atoms with Gasteiger partial charge in [0.15, 0.2) is 0 Å². The molecule has 0 aliphatic carbocycles. The number of hydrogen-bond acceptors (Lipinski definition) is 3. The summed E-state index contributed by atoms with van der Waals surface area (Å²) in [5.74, 6) is 0.324. The Bertz CT molecular complexity index is 333. The SMILES string of the molecule is CC(C)C(=O)C(C)(C)CC(C)(C)CC(=O)NCCCN. The van der Waals surface area contributed by atoms with Gasteiger partial charge in [0.1, 0.15) is 5.78 Å². The third-order valence-corrected chi connectivity index (χ3v) is 3.45. The molecule has 4 heteroatoms. The Kier molecular flexibility index (Phi) is 7.42. The first-order valence-corrected chi connectivity index (χ1v) is 7.53. The van der Waals surface area contributed by atoms with Gasteiger partial charge in [0, 0.05) is 24.3 Å². The quantitative estimate of drug-likeness (QED) is 0.639. The van der Waals surface area contributed by atoms with Crippen molar-refractivity contribution in [3.63, 3.8) is 0 Å². The summed E-state index contributed by atoms with van der Waals surface area (Å²) in [4.78, 5) is 24.1. The van der Waals surface area contributed by atoms with E-state index in [1.54, 1.807) is 0 Å². The zero-order chi connectivity index (χ0) is 16.0. The van der Waals surface area contributed by atoms with Gasteiger partial charge >= 0.3 is 0 Å². The van der Waals surface area contributed by atoms with Crippen LogP contribution in [0.15, 0.2) is 0 Å². The molecular weight excluding hydrogens is 252 g/mol. The number of rotatable bonds is 9. The molecule has 0 radical (unpaired) electrons. The van der Waals surface area contributed by atoms with Crippen LogP contribution in [0.4, 0.5) is 0 Å². The Morgan fingerprint density at radius 2 is 1.70 bits per heavy atom. The van der Waals surface area contributed by atoms with Gasteiger partial charge in [0.05, 0.1) is 0 Å². The number of ketones is 1. The maximum Gasteiger partial charge on any atom is 0.220 e. The Hall–Kier alpha value is -0.900. The molecule has 0 bridgehead atoms. The van der Waals surface area contributed by atoms with E-state index in [0.717, 1.165) is 6.42 Å². The molecule has 0 aromatic heterocycles. The first-order valence-electron chi connectivity index (χ1n) is 7.53. The molecule has 0 atom stereocenters. The fraction of sp³-hybridized carbons (Fsp3) is 0.875. The minimum absolute atomic E-state index is 0.0270. The summed E-state index contributed by atoms with van der Waals surface area (Å²) >= 11 is 0. The fourth-order valence-electron chi connectivity index (χ4n) is 2.95. The van der Waals surface area contributed by atoms with Gasteiger partial charge in [0.25, 0.3) is 0 Å². The van der Waals surface area contributed by atoms with E-state index in [0.29, 0.717) is 25.9 Å². The van der Waals surface area contributed by atoms with Crippen LogP contribution in [0.5, 0.6) is 0 Å². The summed E-state index contributed by atoms with van der Waals surface area (Å²) in [6.45, 7) is 13.1. The van der Waals surface area contributed by atoms with Gasteiger partial charge in [-0.25, -0.2) is 0 Å². The molecular formula is C16H32N2O2. The van der Waals surface area contributed by atoms with E-state index in [9.17, 15) is 9.59 Å². The molecule has 0 heterocycles. The van der Waals surface area contributed by atoms with E-state index in [2.05, 4.69) is 5.32 Å². The maximum atomic E-state index is 12.2. The van der Waals surface area contributed by atoms with Crippen molar-refractivity contribution in [3.8, 4) is 0 Å². The summed E-state index contributed by atoms with van der Waals surface area (Å²) in [5, 5.41) is 2.87. The summed E-state index contributed by atoms with van der Waals surface area (Å²) in [5.41, 5.74) is 4.81. The van der Waals surface area contributed by atoms with Gasteiger partial charge in [-0.15, -0.1) is 0 Å². The third-order valence-electron chi connectivity index (χ3n) is 3.45. The minimum Gasteiger partial charge on any atom is -0.356 e. The highest BCUT2D eigenvalue weighted by atomic mass is 16.1. The highest BCUT2D eigenvalue weighted by Crippen LogP contribution is 2.38. The van der Waals surface area contributed by atoms with Crippen LogP contribution >= 0.6 is 0 Å². The van der Waals surface area contributed by atoms with Crippen molar-refractivity contribution in [2.24, 2.45) is 22.5 Å². The van der Waals surface area contributed by atoms with Crippen LogP contribution in [-0.2, 0) is 9.59 Å². The molecule has 0 rings (SSSR count). The number of Topliss-reactive ketones (excluding diaryl/α,β-unsaturated/α-hetero) is 1. The number of hydrogen-bond donors (Lipinski definition) is 2. The smallest absolute Gasteiger partial charge is 0.220 e. The van der Waals surface area contributed by atoms with Crippen molar-refractivity contribution < 1.29 is 9.59 Å². The molecule has 0 aromatic rings. The molecule has 0 aliphatic rings. The van der Waals surface area contributed by atoms with Crippen molar-refractivity contribution in [3.05, 3.63) is 0 Å². The highest BCUT2D eigenvalue weighted by Gasteiger charge is 2.36. The van der Waals surface area contributed by atoms with Crippen LogP contribution in [0.3, 0.4) is 0 Å². The number of carbonyl (C=O) groups excluding carboxylic acids is 2. The summed E-state index contributed by atoms with van der Waals surface area (Å²) in [6.07, 6.45) is 1.94. The summed E-state index contributed by atoms with van der Waals surface area (Å²) in [6, 6.07) is 0. The van der Waals surface area contributed by atoms with E-state index >= 15 is 0 Å². The molecule has 0 fully saturated rings. The van der Waals surface area contributed by atoms with Gasteiger partial charge < -0.3 is 11.1 Å². The minimum atomic E-state index is -0.394. The molecule has 0 saturated heterocycles. The second-order valence-corrected chi connectivity index (χ2v) is 7.41. The molecule has 3 N–H and O–H groups in total. The van der Waals surface area contributed by atoms with Crippen molar-refractivity contribution >= 4 is 11.7 Å². The van der Waals surface area contributed by atoms with Crippen molar-refractivity contribution in [1.82, 2.24) is 5.32 Å². The van der Waals surface area contributed by atoms with Crippen LogP contribution in [0, 0.1) is 16.7 Å². The summed E-state index contributed by atoms with van der Waals surface area (Å²) < 4.78 is 0. The maximum absolute atomic E-state index is 12.2. The lowest BCUT2D eigenvalue weighted by Crippen LogP contribution is -2.36. The predicted octanol–water partition coefficient (Wildman–Crippen LogP) is 2.51. The van der Waals surface area contributed by atoms with E-state index in [1.807, 2.05) is 41.5 Å². The fourth-order valence-corrected chi connectivity index (χ4v) is 2.95. The molecule has 0 aliphatic heterocycles. The monoisotopic (exact) mass is 284 g/mol.